The van der Waals surface area contributed by atoms with E-state index in [1.54, 1.807) is 35.9 Å². The van der Waals surface area contributed by atoms with Crippen molar-refractivity contribution in [3.8, 4) is 0 Å². The van der Waals surface area contributed by atoms with Gasteiger partial charge in [0, 0.05) is 59.0 Å². The lowest BCUT2D eigenvalue weighted by atomic mass is 10.1. The third kappa shape index (κ3) is 8.15. The number of benzene rings is 2. The molecule has 2 aromatic carbocycles. The van der Waals surface area contributed by atoms with Gasteiger partial charge >= 0.3 is 11.4 Å². The third-order valence-corrected chi connectivity index (χ3v) is 6.74. The molecule has 6 amide bonds. The number of carbonyl (C=O) groups excluding carboxylic acids is 6. The molecule has 0 unspecified atom stereocenters. The normalized spacial score (nSPS) is 14.5. The molecule has 0 fully saturated rings. The number of aromatic amines is 2. The van der Waals surface area contributed by atoms with Gasteiger partial charge in [-0.25, -0.2) is 29.0 Å². The SMILES string of the molecule is CC1=CC(=O)N(C)C1=O.CN1C(=O)C=CC1=O.CN1C(=O)c2ccccc2C1=O.Cn1c(=O)[nH][nH]c1=O.Cn1nnc2ccccc21. The van der Waals surface area contributed by atoms with Crippen LogP contribution in [0.3, 0.4) is 0 Å². The Morgan fingerprint density at radius 1 is 0.574 bits per heavy atom. The quantitative estimate of drug-likeness (QED) is 0.239. The Morgan fingerprint density at radius 2 is 1.06 bits per heavy atom. The highest BCUT2D eigenvalue weighted by Crippen LogP contribution is 2.20. The van der Waals surface area contributed by atoms with Crippen molar-refractivity contribution in [2.75, 3.05) is 21.1 Å². The first-order valence-corrected chi connectivity index (χ1v) is 13.6. The van der Waals surface area contributed by atoms with Crippen LogP contribution in [0.25, 0.3) is 11.0 Å². The lowest BCUT2D eigenvalue weighted by Crippen LogP contribution is -2.25. The molecular weight excluding hydrogens is 614 g/mol. The number of para-hydroxylation sites is 1. The molecule has 0 radical (unpaired) electrons. The van der Waals surface area contributed by atoms with Gasteiger partial charge in [0.25, 0.3) is 35.4 Å². The van der Waals surface area contributed by atoms with Crippen molar-refractivity contribution in [2.45, 2.75) is 6.92 Å². The molecule has 17 heteroatoms. The topological polar surface area (TPSA) is 213 Å². The average molecular weight is 646 g/mol. The third-order valence-electron chi connectivity index (χ3n) is 6.74. The van der Waals surface area contributed by atoms with Crippen molar-refractivity contribution in [3.63, 3.8) is 0 Å². The Kier molecular flexibility index (Phi) is 11.1. The molecule has 3 aliphatic rings. The predicted molar refractivity (Wildman–Crippen MR) is 166 cm³/mol. The first-order chi connectivity index (χ1) is 22.1. The highest BCUT2D eigenvalue weighted by Gasteiger charge is 2.31. The number of amides is 6. The van der Waals surface area contributed by atoms with Gasteiger partial charge in [-0.05, 0) is 31.2 Å². The minimum atomic E-state index is -0.421. The highest BCUT2D eigenvalue weighted by molar-refractivity contribution is 6.21. The van der Waals surface area contributed by atoms with Crippen molar-refractivity contribution in [2.24, 2.45) is 14.1 Å². The second kappa shape index (κ2) is 15.0. The van der Waals surface area contributed by atoms with E-state index in [-0.39, 0.29) is 35.4 Å². The van der Waals surface area contributed by atoms with Crippen LogP contribution in [0, 0.1) is 0 Å². The summed E-state index contributed by atoms with van der Waals surface area (Å²) >= 11 is 0. The van der Waals surface area contributed by atoms with Gasteiger partial charge in [0.15, 0.2) is 0 Å². The van der Waals surface area contributed by atoms with Gasteiger partial charge in [-0.1, -0.05) is 29.5 Å². The minimum absolute atomic E-state index is 0.194. The fourth-order valence-electron chi connectivity index (χ4n) is 3.85. The number of nitrogens with zero attached hydrogens (tertiary/aromatic N) is 7. The van der Waals surface area contributed by atoms with Crippen LogP contribution in [0.5, 0.6) is 0 Å². The minimum Gasteiger partial charge on any atom is -0.279 e. The number of carbonyl (C=O) groups is 6. The summed E-state index contributed by atoms with van der Waals surface area (Å²) in [5, 5.41) is 12.0. The summed E-state index contributed by atoms with van der Waals surface area (Å²) in [5.74, 6) is -1.33. The smallest absolute Gasteiger partial charge is 0.279 e. The molecule has 0 bridgehead atoms. The summed E-state index contributed by atoms with van der Waals surface area (Å²) in [4.78, 5) is 88.7. The molecule has 2 aromatic heterocycles. The summed E-state index contributed by atoms with van der Waals surface area (Å²) in [7, 11) is 7.68. The van der Waals surface area contributed by atoms with E-state index in [1.807, 2.05) is 31.3 Å². The number of imide groups is 3. The van der Waals surface area contributed by atoms with Gasteiger partial charge in [0.05, 0.1) is 16.6 Å². The van der Waals surface area contributed by atoms with Crippen LogP contribution in [0.2, 0.25) is 0 Å². The molecule has 2 N–H and O–H groups in total. The molecule has 4 aromatic rings. The summed E-state index contributed by atoms with van der Waals surface area (Å²) in [6, 6.07) is 14.7. The van der Waals surface area contributed by atoms with Crippen LogP contribution in [-0.4, -0.2) is 101 Å². The lowest BCUT2D eigenvalue weighted by molar-refractivity contribution is -0.136. The van der Waals surface area contributed by atoms with Crippen LogP contribution in [0.4, 0.5) is 0 Å². The Balaban J connectivity index is 0.000000161. The van der Waals surface area contributed by atoms with Gasteiger partial charge in [0.1, 0.15) is 5.52 Å². The van der Waals surface area contributed by atoms with E-state index < -0.39 is 11.4 Å². The fourth-order valence-corrected chi connectivity index (χ4v) is 3.85. The highest BCUT2D eigenvalue weighted by atomic mass is 16.2. The number of rotatable bonds is 0. The maximum Gasteiger partial charge on any atom is 0.344 e. The monoisotopic (exact) mass is 645 g/mol. The van der Waals surface area contributed by atoms with Crippen LogP contribution in [0.15, 0.2) is 81.9 Å². The number of aromatic nitrogens is 6. The molecule has 7 rings (SSSR count). The van der Waals surface area contributed by atoms with E-state index in [1.165, 1.54) is 46.4 Å². The van der Waals surface area contributed by atoms with E-state index in [4.69, 9.17) is 0 Å². The molecule has 0 saturated heterocycles. The van der Waals surface area contributed by atoms with Crippen molar-refractivity contribution < 1.29 is 28.8 Å². The predicted octanol–water partition coefficient (Wildman–Crippen LogP) is -0.245. The number of hydrogen-bond acceptors (Lipinski definition) is 10. The van der Waals surface area contributed by atoms with E-state index in [9.17, 15) is 38.4 Å². The van der Waals surface area contributed by atoms with Gasteiger partial charge in [0.2, 0.25) is 0 Å². The van der Waals surface area contributed by atoms with E-state index in [0.29, 0.717) is 16.7 Å². The first-order valence-electron chi connectivity index (χ1n) is 13.6. The van der Waals surface area contributed by atoms with E-state index >= 15 is 0 Å². The average Bonchev–Trinajstić information content (AvgIpc) is 3.81. The Bertz CT molecular complexity index is 1970. The van der Waals surface area contributed by atoms with Gasteiger partial charge in [-0.2, -0.15) is 0 Å². The van der Waals surface area contributed by atoms with Crippen LogP contribution >= 0.6 is 0 Å². The van der Waals surface area contributed by atoms with Crippen molar-refractivity contribution in [1.29, 1.82) is 0 Å². The molecule has 244 valence electrons. The number of hydrogen-bond donors (Lipinski definition) is 2. The first kappa shape index (κ1) is 35.0. The molecule has 0 spiro atoms. The molecule has 5 heterocycles. The molecule has 0 saturated carbocycles. The molecule has 3 aliphatic heterocycles. The Hall–Kier alpha value is -6.52. The summed E-state index contributed by atoms with van der Waals surface area (Å²) in [5.41, 5.74) is 2.70. The summed E-state index contributed by atoms with van der Waals surface area (Å²) < 4.78 is 2.70. The van der Waals surface area contributed by atoms with Crippen LogP contribution < -0.4 is 11.4 Å². The Morgan fingerprint density at radius 3 is 1.40 bits per heavy atom. The molecule has 0 atom stereocenters. The van der Waals surface area contributed by atoms with E-state index in [2.05, 4.69) is 20.5 Å². The van der Waals surface area contributed by atoms with Crippen molar-refractivity contribution in [1.82, 2.24) is 44.5 Å². The van der Waals surface area contributed by atoms with Crippen LogP contribution in [0.1, 0.15) is 27.6 Å². The Labute approximate surface area is 266 Å². The fraction of sp³-hybridized carbons (Fsp3) is 0.200. The molecule has 17 nitrogen and oxygen atoms in total. The van der Waals surface area contributed by atoms with Gasteiger partial charge in [-0.3, -0.25) is 43.5 Å². The molecular formula is C30H31N9O8. The molecule has 47 heavy (non-hydrogen) atoms. The van der Waals surface area contributed by atoms with E-state index in [0.717, 1.165) is 30.3 Å². The van der Waals surface area contributed by atoms with Crippen LogP contribution in [-0.2, 0) is 33.3 Å². The number of nitrogens with one attached hydrogen (secondary N) is 2. The number of aryl methyl sites for hydroxylation is 1. The van der Waals surface area contributed by atoms with Gasteiger partial charge in [-0.15, -0.1) is 5.10 Å². The second-order valence-electron chi connectivity index (χ2n) is 9.93. The van der Waals surface area contributed by atoms with Gasteiger partial charge < -0.3 is 0 Å². The lowest BCUT2D eigenvalue weighted by Gasteiger charge is -2.03. The summed E-state index contributed by atoms with van der Waals surface area (Å²) in [6.45, 7) is 1.63. The largest absolute Gasteiger partial charge is 0.344 e. The maximum absolute atomic E-state index is 11.3. The second-order valence-corrected chi connectivity index (χ2v) is 9.93. The molecule has 0 aliphatic carbocycles. The zero-order valence-corrected chi connectivity index (χ0v) is 26.2. The zero-order chi connectivity index (χ0) is 35.0. The standard InChI is InChI=1S/C9H7NO2.C7H7N3.C6H7NO2.C5H5NO2.C3H5N3O2/c1-10-8(11)6-4-2-3-5-7(6)9(10)12;1-10-7-5-3-2-4-6(7)8-9-10;1-4-3-5(8)7(2)6(4)9;1-6-4(7)2-3-5(6)8;1-6-2(7)4-5-3(6)8/h2-5H,1H3;2-5H,1H3;3H,1-2H3;2-3H,1H3;1H3,(H,4,7)(H,5,8). The summed E-state index contributed by atoms with van der Waals surface area (Å²) in [6.07, 6.45) is 3.84. The number of fused-ring (bicyclic) bond motifs is 2. The maximum atomic E-state index is 11.3. The number of H-pyrrole nitrogens is 2. The van der Waals surface area contributed by atoms with Crippen molar-refractivity contribution in [3.05, 3.63) is 104 Å². The van der Waals surface area contributed by atoms with Crippen molar-refractivity contribution >= 4 is 46.5 Å². The zero-order valence-electron chi connectivity index (χ0n) is 26.2. The number of likely N-dealkylation sites (N-methyl/N-ethyl adjacent to an activating group) is 2.